The Morgan fingerprint density at radius 2 is 1.78 bits per heavy atom. The molecule has 0 aliphatic heterocycles. The molecule has 2 amide bonds. The zero-order chi connectivity index (χ0) is 20.0. The molecular formula is C19H26N4O3S. The van der Waals surface area contributed by atoms with Gasteiger partial charge in [0.15, 0.2) is 5.16 Å². The number of carbonyl (C=O) groups is 2. The number of rotatable bonds is 8. The number of para-hydroxylation sites is 1. The third kappa shape index (κ3) is 4.88. The van der Waals surface area contributed by atoms with Gasteiger partial charge < -0.3 is 9.80 Å². The molecule has 0 radical (unpaired) electrons. The highest BCUT2D eigenvalue weighted by molar-refractivity contribution is 7.99. The van der Waals surface area contributed by atoms with Gasteiger partial charge in [-0.2, -0.15) is 0 Å². The van der Waals surface area contributed by atoms with E-state index >= 15 is 0 Å². The van der Waals surface area contributed by atoms with Crippen molar-refractivity contribution in [1.29, 1.82) is 0 Å². The van der Waals surface area contributed by atoms with Crippen LogP contribution in [0.5, 0.6) is 0 Å². The van der Waals surface area contributed by atoms with Gasteiger partial charge in [0.2, 0.25) is 11.8 Å². The average Bonchev–Trinajstić information content (AvgIpc) is 2.67. The lowest BCUT2D eigenvalue weighted by Crippen LogP contribution is -2.41. The van der Waals surface area contributed by atoms with Gasteiger partial charge in [-0.15, -0.1) is 0 Å². The van der Waals surface area contributed by atoms with Crippen LogP contribution >= 0.6 is 11.8 Å². The molecule has 27 heavy (non-hydrogen) atoms. The van der Waals surface area contributed by atoms with Crippen molar-refractivity contribution in [1.82, 2.24) is 19.4 Å². The highest BCUT2D eigenvalue weighted by atomic mass is 32.2. The summed E-state index contributed by atoms with van der Waals surface area (Å²) in [5, 5.41) is 1.08. The van der Waals surface area contributed by atoms with Gasteiger partial charge in [-0.05, 0) is 32.9 Å². The van der Waals surface area contributed by atoms with E-state index in [0.29, 0.717) is 35.7 Å². The summed E-state index contributed by atoms with van der Waals surface area (Å²) in [7, 11) is 1.62. The monoisotopic (exact) mass is 390 g/mol. The third-order valence-electron chi connectivity index (χ3n) is 4.38. The molecule has 1 aromatic heterocycles. The Kier molecular flexibility index (Phi) is 7.41. The first-order valence-electron chi connectivity index (χ1n) is 9.06. The minimum absolute atomic E-state index is 0.0484. The van der Waals surface area contributed by atoms with Crippen LogP contribution in [-0.2, 0) is 16.1 Å². The lowest BCUT2D eigenvalue weighted by Gasteiger charge is -2.23. The molecule has 0 N–H and O–H groups in total. The second-order valence-electron chi connectivity index (χ2n) is 6.07. The average molecular weight is 391 g/mol. The van der Waals surface area contributed by atoms with E-state index < -0.39 is 0 Å². The zero-order valence-electron chi connectivity index (χ0n) is 16.3. The summed E-state index contributed by atoms with van der Waals surface area (Å²) >= 11 is 1.22. The van der Waals surface area contributed by atoms with Gasteiger partial charge in [0.25, 0.3) is 5.56 Å². The molecule has 0 saturated heterocycles. The van der Waals surface area contributed by atoms with Gasteiger partial charge in [0.1, 0.15) is 0 Å². The Morgan fingerprint density at radius 1 is 1.11 bits per heavy atom. The molecule has 1 aromatic carbocycles. The maximum absolute atomic E-state index is 12.6. The summed E-state index contributed by atoms with van der Waals surface area (Å²) in [6.07, 6.45) is 0. The largest absolute Gasteiger partial charge is 0.342 e. The van der Waals surface area contributed by atoms with Crippen molar-refractivity contribution in [2.24, 2.45) is 0 Å². The van der Waals surface area contributed by atoms with Crippen molar-refractivity contribution in [2.75, 3.05) is 32.4 Å². The summed E-state index contributed by atoms with van der Waals surface area (Å²) < 4.78 is 1.57. The molecular weight excluding hydrogens is 364 g/mol. The Labute approximate surface area is 163 Å². The molecule has 1 heterocycles. The Bertz CT molecular complexity index is 877. The molecule has 8 heteroatoms. The van der Waals surface area contributed by atoms with Crippen molar-refractivity contribution >= 4 is 34.5 Å². The van der Waals surface area contributed by atoms with Crippen molar-refractivity contribution in [3.8, 4) is 0 Å². The number of likely N-dealkylation sites (N-methyl/N-ethyl adjacent to an activating group) is 2. The van der Waals surface area contributed by atoms with Gasteiger partial charge in [0.05, 0.1) is 23.2 Å². The van der Waals surface area contributed by atoms with Gasteiger partial charge in [-0.25, -0.2) is 4.98 Å². The van der Waals surface area contributed by atoms with E-state index in [9.17, 15) is 14.4 Å². The first-order valence-corrected chi connectivity index (χ1v) is 10.1. The predicted octanol–water partition coefficient (Wildman–Crippen LogP) is 1.84. The van der Waals surface area contributed by atoms with E-state index in [4.69, 9.17) is 0 Å². The molecule has 146 valence electrons. The van der Waals surface area contributed by atoms with Gasteiger partial charge in [-0.3, -0.25) is 19.0 Å². The van der Waals surface area contributed by atoms with Gasteiger partial charge in [-0.1, -0.05) is 23.9 Å². The number of hydrogen-bond donors (Lipinski definition) is 0. The highest BCUT2D eigenvalue weighted by Crippen LogP contribution is 2.18. The number of carbonyl (C=O) groups excluding carboxylic acids is 2. The van der Waals surface area contributed by atoms with E-state index in [0.717, 1.165) is 0 Å². The number of fused-ring (bicyclic) bond motifs is 1. The van der Waals surface area contributed by atoms with Gasteiger partial charge in [0, 0.05) is 26.7 Å². The van der Waals surface area contributed by atoms with E-state index in [1.165, 1.54) is 16.7 Å². The summed E-state index contributed by atoms with van der Waals surface area (Å²) in [4.78, 5) is 44.8. The fourth-order valence-corrected chi connectivity index (χ4v) is 3.74. The van der Waals surface area contributed by atoms with Crippen molar-refractivity contribution in [3.63, 3.8) is 0 Å². The summed E-state index contributed by atoms with van der Waals surface area (Å²) in [5.41, 5.74) is 0.510. The normalized spacial score (nSPS) is 10.8. The lowest BCUT2D eigenvalue weighted by atomic mass is 10.2. The Hall–Kier alpha value is -2.35. The number of hydrogen-bond acceptors (Lipinski definition) is 5. The topological polar surface area (TPSA) is 75.5 Å². The maximum Gasteiger partial charge on any atom is 0.262 e. The smallest absolute Gasteiger partial charge is 0.262 e. The lowest BCUT2D eigenvalue weighted by molar-refractivity contribution is -0.137. The third-order valence-corrected chi connectivity index (χ3v) is 5.34. The second kappa shape index (κ2) is 9.55. The molecule has 2 rings (SSSR count). The van der Waals surface area contributed by atoms with Crippen LogP contribution in [0, 0.1) is 0 Å². The number of benzene rings is 1. The molecule has 2 aromatic rings. The number of nitrogens with zero attached hydrogens (tertiary/aromatic N) is 4. The van der Waals surface area contributed by atoms with E-state index in [1.807, 2.05) is 32.9 Å². The Morgan fingerprint density at radius 3 is 2.41 bits per heavy atom. The van der Waals surface area contributed by atoms with E-state index in [1.54, 1.807) is 28.6 Å². The minimum Gasteiger partial charge on any atom is -0.342 e. The molecule has 0 aliphatic carbocycles. The molecule has 0 saturated carbocycles. The molecule has 0 aliphatic rings. The summed E-state index contributed by atoms with van der Waals surface area (Å²) in [6, 6.07) is 7.18. The number of amides is 2. The molecule has 7 nitrogen and oxygen atoms in total. The van der Waals surface area contributed by atoms with Crippen LogP contribution < -0.4 is 5.56 Å². The van der Waals surface area contributed by atoms with E-state index in [-0.39, 0.29) is 29.7 Å². The van der Waals surface area contributed by atoms with E-state index in [2.05, 4.69) is 4.98 Å². The summed E-state index contributed by atoms with van der Waals surface area (Å²) in [5.74, 6) is -0.131. The molecule has 0 bridgehead atoms. The van der Waals surface area contributed by atoms with Gasteiger partial charge >= 0.3 is 0 Å². The quantitative estimate of drug-likeness (QED) is 0.508. The van der Waals surface area contributed by atoms with Crippen LogP contribution in [0.2, 0.25) is 0 Å². The minimum atomic E-state index is -0.175. The predicted molar refractivity (Wildman–Crippen MR) is 108 cm³/mol. The fourth-order valence-electron chi connectivity index (χ4n) is 2.74. The molecule has 0 fully saturated rings. The van der Waals surface area contributed by atoms with Crippen LogP contribution in [0.25, 0.3) is 10.9 Å². The standard InChI is InChI=1S/C19H26N4O3S/c1-5-22(6-2)16(24)12-21(4)17(25)13-27-19-20-15-11-9-8-10-14(15)18(26)23(19)7-3/h8-11H,5-7,12-13H2,1-4H3. The number of thioether (sulfide) groups is 1. The van der Waals surface area contributed by atoms with Crippen LogP contribution in [0.3, 0.4) is 0 Å². The van der Waals surface area contributed by atoms with Crippen LogP contribution in [0.4, 0.5) is 0 Å². The zero-order valence-corrected chi connectivity index (χ0v) is 17.1. The maximum atomic E-state index is 12.6. The van der Waals surface area contributed by atoms with Crippen molar-refractivity contribution in [3.05, 3.63) is 34.6 Å². The summed E-state index contributed by atoms with van der Waals surface area (Å²) in [6.45, 7) is 7.46. The van der Waals surface area contributed by atoms with Crippen molar-refractivity contribution < 1.29 is 9.59 Å². The highest BCUT2D eigenvalue weighted by Gasteiger charge is 2.18. The molecule has 0 spiro atoms. The first kappa shape index (κ1) is 21.0. The Balaban J connectivity index is 2.10. The second-order valence-corrected chi connectivity index (χ2v) is 7.01. The van der Waals surface area contributed by atoms with Crippen LogP contribution in [0.15, 0.2) is 34.2 Å². The fraction of sp³-hybridized carbons (Fsp3) is 0.474. The molecule has 0 unspecified atom stereocenters. The molecule has 0 atom stereocenters. The first-order chi connectivity index (χ1) is 12.9. The SMILES string of the molecule is CCN(CC)C(=O)CN(C)C(=O)CSc1nc2ccccc2c(=O)n1CC. The van der Waals surface area contributed by atoms with Crippen LogP contribution in [0.1, 0.15) is 20.8 Å². The van der Waals surface area contributed by atoms with Crippen molar-refractivity contribution in [2.45, 2.75) is 32.5 Å². The van der Waals surface area contributed by atoms with Crippen LogP contribution in [-0.4, -0.2) is 63.6 Å². The number of aromatic nitrogens is 2.